The number of halogens is 1. The Morgan fingerprint density at radius 1 is 1.03 bits per heavy atom. The summed E-state index contributed by atoms with van der Waals surface area (Å²) in [7, 11) is 1.94. The summed E-state index contributed by atoms with van der Waals surface area (Å²) in [6, 6.07) is 21.0. The third-order valence-electron chi connectivity index (χ3n) is 5.66. The Hall–Kier alpha value is -4.30. The van der Waals surface area contributed by atoms with Gasteiger partial charge in [0.15, 0.2) is 5.82 Å². The molecule has 0 spiro atoms. The third-order valence-corrected chi connectivity index (χ3v) is 5.91. The van der Waals surface area contributed by atoms with Crippen LogP contribution in [0.2, 0.25) is 5.02 Å². The van der Waals surface area contributed by atoms with Crippen LogP contribution in [0.1, 0.15) is 24.1 Å². The Morgan fingerprint density at radius 2 is 1.80 bits per heavy atom. The van der Waals surface area contributed by atoms with Gasteiger partial charge in [0.1, 0.15) is 5.84 Å². The highest BCUT2D eigenvalue weighted by atomic mass is 35.5. The zero-order chi connectivity index (χ0) is 24.4. The molecule has 2 aromatic heterocycles. The lowest BCUT2D eigenvalue weighted by Crippen LogP contribution is -2.28. The van der Waals surface area contributed by atoms with Crippen molar-refractivity contribution in [1.29, 1.82) is 0 Å². The van der Waals surface area contributed by atoms with Gasteiger partial charge in [-0.15, -0.1) is 0 Å². The number of aromatic amines is 1. The molecule has 0 amide bonds. The Balaban J connectivity index is 1.59. The minimum atomic E-state index is -0.602. The number of aromatic nitrogens is 4. The number of hydrogen-bond acceptors (Lipinski definition) is 6. The van der Waals surface area contributed by atoms with Gasteiger partial charge < -0.3 is 4.90 Å². The zero-order valence-corrected chi connectivity index (χ0v) is 19.8. The number of fused-ring (bicyclic) bond motifs is 1. The lowest BCUT2D eigenvalue weighted by atomic mass is 10.1. The number of nitrogens with one attached hydrogen (secondary N) is 1. The summed E-state index contributed by atoms with van der Waals surface area (Å²) in [5.74, 6) is 0.500. The van der Waals surface area contributed by atoms with E-state index in [0.717, 1.165) is 39.2 Å². The van der Waals surface area contributed by atoms with Gasteiger partial charge in [-0.05, 0) is 55.0 Å². The highest BCUT2D eigenvalue weighted by Gasteiger charge is 2.17. The van der Waals surface area contributed by atoms with E-state index < -0.39 is 5.76 Å². The van der Waals surface area contributed by atoms with Gasteiger partial charge in [-0.2, -0.15) is 0 Å². The molecule has 174 valence electrons. The summed E-state index contributed by atoms with van der Waals surface area (Å²) < 4.78 is 4.67. The topological polar surface area (TPSA) is 100 Å². The van der Waals surface area contributed by atoms with Gasteiger partial charge in [0.05, 0.1) is 17.1 Å². The molecule has 5 rings (SSSR count). The summed E-state index contributed by atoms with van der Waals surface area (Å²) in [6.07, 6.45) is 3.34. The first-order valence-electron chi connectivity index (χ1n) is 10.9. The molecule has 0 radical (unpaired) electrons. The van der Waals surface area contributed by atoms with Gasteiger partial charge in [0.25, 0.3) is 0 Å². The predicted octanol–water partition coefficient (Wildman–Crippen LogP) is 5.27. The van der Waals surface area contributed by atoms with E-state index in [4.69, 9.17) is 16.6 Å². The Kier molecular flexibility index (Phi) is 6.12. The lowest BCUT2D eigenvalue weighted by Gasteiger charge is -2.24. The first kappa shape index (κ1) is 22.5. The minimum absolute atomic E-state index is 0.141. The molecule has 0 bridgehead atoms. The second-order valence-corrected chi connectivity index (χ2v) is 8.43. The summed E-state index contributed by atoms with van der Waals surface area (Å²) in [5, 5.41) is 4.48. The van der Waals surface area contributed by atoms with Crippen LogP contribution in [0.3, 0.4) is 0 Å². The smallest absolute Gasteiger partial charge is 0.329 e. The van der Waals surface area contributed by atoms with E-state index in [1.54, 1.807) is 12.4 Å². The van der Waals surface area contributed by atoms with Crippen molar-refractivity contribution in [2.75, 3.05) is 11.9 Å². The summed E-state index contributed by atoms with van der Waals surface area (Å²) in [5.41, 5.74) is 5.08. The Bertz CT molecular complexity index is 1570. The fourth-order valence-corrected chi connectivity index (χ4v) is 3.92. The van der Waals surface area contributed by atoms with Crippen molar-refractivity contribution >= 4 is 34.2 Å². The van der Waals surface area contributed by atoms with E-state index >= 15 is 0 Å². The number of H-pyrrole nitrogens is 1. The molecule has 5 aromatic rings. The number of aliphatic imine (C=N–C) groups is 1. The molecule has 0 aliphatic rings. The first-order valence-corrected chi connectivity index (χ1v) is 11.3. The quantitative estimate of drug-likeness (QED) is 0.269. The van der Waals surface area contributed by atoms with Crippen molar-refractivity contribution < 1.29 is 4.52 Å². The molecule has 8 nitrogen and oxygen atoms in total. The second kappa shape index (κ2) is 9.52. The van der Waals surface area contributed by atoms with Gasteiger partial charge >= 0.3 is 5.76 Å². The molecule has 0 fully saturated rings. The molecule has 1 unspecified atom stereocenters. The molecule has 0 saturated heterocycles. The third kappa shape index (κ3) is 4.83. The maximum atomic E-state index is 11.4. The molecule has 1 atom stereocenters. The van der Waals surface area contributed by atoms with Crippen LogP contribution in [0, 0.1) is 0 Å². The van der Waals surface area contributed by atoms with Gasteiger partial charge in [-0.1, -0.05) is 41.0 Å². The number of rotatable bonds is 5. The average molecular weight is 485 g/mol. The van der Waals surface area contributed by atoms with E-state index in [1.165, 1.54) is 0 Å². The van der Waals surface area contributed by atoms with Crippen LogP contribution in [0.5, 0.6) is 0 Å². The average Bonchev–Trinajstić information content (AvgIpc) is 3.33. The van der Waals surface area contributed by atoms with Gasteiger partial charge in [-0.3, -0.25) is 24.5 Å². The molecule has 2 heterocycles. The van der Waals surface area contributed by atoms with Crippen molar-refractivity contribution in [2.24, 2.45) is 4.99 Å². The highest BCUT2D eigenvalue weighted by Crippen LogP contribution is 2.26. The van der Waals surface area contributed by atoms with Crippen molar-refractivity contribution in [1.82, 2.24) is 20.1 Å². The van der Waals surface area contributed by atoms with Gasteiger partial charge in [0, 0.05) is 41.3 Å². The molecular formula is C26H21ClN6O2. The first-order chi connectivity index (χ1) is 17.0. The van der Waals surface area contributed by atoms with Crippen molar-refractivity contribution in [3.63, 3.8) is 0 Å². The number of nitrogens with zero attached hydrogens (tertiary/aromatic N) is 5. The lowest BCUT2D eigenvalue weighted by molar-refractivity contribution is 0.388. The van der Waals surface area contributed by atoms with Crippen LogP contribution in [0.15, 0.2) is 93.4 Å². The summed E-state index contributed by atoms with van der Waals surface area (Å²) >= 11 is 6.08. The minimum Gasteiger partial charge on any atom is -0.329 e. The van der Waals surface area contributed by atoms with E-state index in [1.807, 2.05) is 85.6 Å². The van der Waals surface area contributed by atoms with Crippen LogP contribution < -0.4 is 10.7 Å². The number of benzene rings is 3. The predicted molar refractivity (Wildman–Crippen MR) is 137 cm³/mol. The molecular weight excluding hydrogens is 464 g/mol. The monoisotopic (exact) mass is 484 g/mol. The van der Waals surface area contributed by atoms with Gasteiger partial charge in [-0.25, -0.2) is 4.79 Å². The Morgan fingerprint density at radius 3 is 2.54 bits per heavy atom. The molecule has 35 heavy (non-hydrogen) atoms. The van der Waals surface area contributed by atoms with E-state index in [2.05, 4.69) is 24.6 Å². The largest absolute Gasteiger partial charge is 0.439 e. The molecule has 0 aliphatic carbocycles. The second-order valence-electron chi connectivity index (χ2n) is 7.99. The Labute approximate surface area is 205 Å². The van der Waals surface area contributed by atoms with Gasteiger partial charge in [0.2, 0.25) is 0 Å². The van der Waals surface area contributed by atoms with Crippen LogP contribution in [0.4, 0.5) is 5.69 Å². The summed E-state index contributed by atoms with van der Waals surface area (Å²) in [6.45, 7) is 2.04. The maximum absolute atomic E-state index is 11.4. The van der Waals surface area contributed by atoms with Crippen LogP contribution >= 0.6 is 11.6 Å². The summed E-state index contributed by atoms with van der Waals surface area (Å²) in [4.78, 5) is 29.9. The number of amidine groups is 1. The number of anilines is 1. The zero-order valence-electron chi connectivity index (χ0n) is 19.0. The highest BCUT2D eigenvalue weighted by molar-refractivity contribution is 6.30. The molecule has 0 saturated carbocycles. The fourth-order valence-electron chi connectivity index (χ4n) is 3.79. The SMILES string of the molecule is CC(N=C(c1ccc2nccnc2c1)N(C)c1cccc(-c2noc(=O)[nH]2)c1)c1ccc(Cl)cc1. The van der Waals surface area contributed by atoms with Crippen molar-refractivity contribution in [3.8, 4) is 11.4 Å². The molecule has 9 heteroatoms. The van der Waals surface area contributed by atoms with E-state index in [-0.39, 0.29) is 6.04 Å². The van der Waals surface area contributed by atoms with E-state index in [0.29, 0.717) is 10.8 Å². The molecule has 1 N–H and O–H groups in total. The fraction of sp³-hybridized carbons (Fsp3) is 0.115. The molecule has 3 aromatic carbocycles. The normalized spacial score (nSPS) is 12.6. The molecule has 0 aliphatic heterocycles. The van der Waals surface area contributed by atoms with Crippen LogP contribution in [-0.4, -0.2) is 33.0 Å². The van der Waals surface area contributed by atoms with Crippen LogP contribution in [0.25, 0.3) is 22.4 Å². The van der Waals surface area contributed by atoms with Crippen LogP contribution in [-0.2, 0) is 0 Å². The van der Waals surface area contributed by atoms with E-state index in [9.17, 15) is 4.79 Å². The maximum Gasteiger partial charge on any atom is 0.439 e. The standard InChI is InChI=1S/C26H21ClN6O2/c1-16(17-6-9-20(27)10-7-17)30-25(19-8-11-22-23(15-19)29-13-12-28-22)33(2)21-5-3-4-18(14-21)24-31-26(34)35-32-24/h3-16H,1-2H3,(H,31,32,34). The van der Waals surface area contributed by atoms with Crippen molar-refractivity contribution in [2.45, 2.75) is 13.0 Å². The number of hydrogen-bond donors (Lipinski definition) is 1. The van der Waals surface area contributed by atoms with Crippen molar-refractivity contribution in [3.05, 3.63) is 106 Å².